The molecule has 3 aromatic carbocycles. The Labute approximate surface area is 258 Å². The van der Waals surface area contributed by atoms with Crippen LogP contribution in [0.3, 0.4) is 0 Å². The highest BCUT2D eigenvalue weighted by Gasteiger charge is 2.32. The number of nitrogens with zero attached hydrogens (tertiary/aromatic N) is 2. The van der Waals surface area contributed by atoms with Gasteiger partial charge in [0.15, 0.2) is 0 Å². The van der Waals surface area contributed by atoms with E-state index in [-0.39, 0.29) is 23.3 Å². The van der Waals surface area contributed by atoms with Gasteiger partial charge in [-0.25, -0.2) is 8.42 Å². The SMILES string of the molecule is CCOc1ccc(N(CC(=O)N(Cc2cccc(Cl)c2)C(C)C(=O)NCC(C)C)S(=O)(=O)c2ccc(SC)cc2)cc1. The van der Waals surface area contributed by atoms with Crippen molar-refractivity contribution in [1.29, 1.82) is 0 Å². The minimum absolute atomic E-state index is 0.0473. The lowest BCUT2D eigenvalue weighted by Gasteiger charge is -2.32. The molecule has 11 heteroatoms. The zero-order valence-corrected chi connectivity index (χ0v) is 26.9. The van der Waals surface area contributed by atoms with Crippen molar-refractivity contribution in [1.82, 2.24) is 10.2 Å². The largest absolute Gasteiger partial charge is 0.494 e. The molecule has 0 aliphatic heterocycles. The van der Waals surface area contributed by atoms with Crippen molar-refractivity contribution >= 4 is 50.9 Å². The lowest BCUT2D eigenvalue weighted by Crippen LogP contribution is -2.51. The number of anilines is 1. The van der Waals surface area contributed by atoms with E-state index < -0.39 is 28.5 Å². The molecule has 8 nitrogen and oxygen atoms in total. The summed E-state index contributed by atoms with van der Waals surface area (Å²) in [6.07, 6.45) is 1.90. The average Bonchev–Trinajstić information content (AvgIpc) is 2.97. The summed E-state index contributed by atoms with van der Waals surface area (Å²) in [5.41, 5.74) is 1.00. The van der Waals surface area contributed by atoms with Crippen LogP contribution in [0.4, 0.5) is 5.69 Å². The summed E-state index contributed by atoms with van der Waals surface area (Å²) in [5, 5.41) is 3.37. The topological polar surface area (TPSA) is 96.0 Å². The highest BCUT2D eigenvalue weighted by Crippen LogP contribution is 2.28. The Hall–Kier alpha value is -3.21. The van der Waals surface area contributed by atoms with Crippen molar-refractivity contribution in [2.45, 2.75) is 50.1 Å². The number of amides is 2. The zero-order chi connectivity index (χ0) is 30.9. The Balaban J connectivity index is 2.02. The number of rotatable bonds is 14. The van der Waals surface area contributed by atoms with Gasteiger partial charge in [0.05, 0.1) is 17.2 Å². The normalized spacial score (nSPS) is 12.1. The van der Waals surface area contributed by atoms with E-state index in [1.54, 1.807) is 67.6 Å². The molecule has 0 saturated carbocycles. The molecular weight excluding hydrogens is 594 g/mol. The van der Waals surface area contributed by atoms with Crippen LogP contribution < -0.4 is 14.4 Å². The van der Waals surface area contributed by atoms with E-state index >= 15 is 0 Å². The lowest BCUT2D eigenvalue weighted by atomic mass is 10.1. The molecule has 0 spiro atoms. The van der Waals surface area contributed by atoms with Gasteiger partial charge in [-0.3, -0.25) is 13.9 Å². The van der Waals surface area contributed by atoms with Crippen LogP contribution in [0, 0.1) is 5.92 Å². The van der Waals surface area contributed by atoms with E-state index in [1.807, 2.05) is 27.0 Å². The molecule has 0 bridgehead atoms. The monoisotopic (exact) mass is 631 g/mol. The lowest BCUT2D eigenvalue weighted by molar-refractivity contribution is -0.139. The van der Waals surface area contributed by atoms with E-state index in [2.05, 4.69) is 5.32 Å². The van der Waals surface area contributed by atoms with Crippen LogP contribution in [-0.4, -0.2) is 57.1 Å². The summed E-state index contributed by atoms with van der Waals surface area (Å²) in [5.74, 6) is -0.0779. The third kappa shape index (κ3) is 8.89. The molecule has 226 valence electrons. The van der Waals surface area contributed by atoms with E-state index in [9.17, 15) is 18.0 Å². The van der Waals surface area contributed by atoms with Crippen molar-refractivity contribution in [3.63, 3.8) is 0 Å². The molecule has 0 aliphatic carbocycles. The number of hydrogen-bond donors (Lipinski definition) is 1. The Morgan fingerprint density at radius 2 is 1.67 bits per heavy atom. The average molecular weight is 632 g/mol. The second-order valence-corrected chi connectivity index (χ2v) is 13.3. The van der Waals surface area contributed by atoms with Crippen molar-refractivity contribution in [2.24, 2.45) is 5.92 Å². The summed E-state index contributed by atoms with van der Waals surface area (Å²) < 4.78 is 34.6. The van der Waals surface area contributed by atoms with Gasteiger partial charge in [-0.15, -0.1) is 11.8 Å². The molecule has 3 rings (SSSR count). The van der Waals surface area contributed by atoms with Crippen molar-refractivity contribution in [3.8, 4) is 5.75 Å². The Morgan fingerprint density at radius 1 is 1.00 bits per heavy atom. The van der Waals surface area contributed by atoms with Crippen LogP contribution in [0.5, 0.6) is 5.75 Å². The minimum atomic E-state index is -4.17. The summed E-state index contributed by atoms with van der Waals surface area (Å²) in [4.78, 5) is 29.5. The third-order valence-corrected chi connectivity index (χ3v) is 9.22. The van der Waals surface area contributed by atoms with Crippen molar-refractivity contribution in [2.75, 3.05) is 30.3 Å². The Bertz CT molecular complexity index is 1450. The summed E-state index contributed by atoms with van der Waals surface area (Å²) in [6.45, 7) is 7.88. The number of carbonyl (C=O) groups excluding carboxylic acids is 2. The fourth-order valence-corrected chi connectivity index (χ4v) is 6.18. The van der Waals surface area contributed by atoms with Crippen molar-refractivity contribution in [3.05, 3.63) is 83.4 Å². The second kappa shape index (κ2) is 15.3. The van der Waals surface area contributed by atoms with Crippen LogP contribution in [0.25, 0.3) is 0 Å². The molecule has 0 aliphatic rings. The number of thioether (sulfide) groups is 1. The maximum atomic E-state index is 14.0. The number of hydrogen-bond acceptors (Lipinski definition) is 6. The molecule has 0 fully saturated rings. The maximum absolute atomic E-state index is 14.0. The van der Waals surface area contributed by atoms with Crippen LogP contribution in [0.1, 0.15) is 33.3 Å². The Kier molecular flexibility index (Phi) is 12.1. The molecule has 0 saturated heterocycles. The summed E-state index contributed by atoms with van der Waals surface area (Å²) in [7, 11) is -4.17. The number of halogens is 1. The number of benzene rings is 3. The van der Waals surface area contributed by atoms with E-state index in [0.29, 0.717) is 35.2 Å². The fraction of sp³-hybridized carbons (Fsp3) is 0.355. The smallest absolute Gasteiger partial charge is 0.264 e. The van der Waals surface area contributed by atoms with Gasteiger partial charge in [0.2, 0.25) is 11.8 Å². The first-order valence-corrected chi connectivity index (χ1v) is 16.7. The van der Waals surface area contributed by atoms with Gasteiger partial charge in [0, 0.05) is 23.0 Å². The zero-order valence-electron chi connectivity index (χ0n) is 24.5. The first kappa shape index (κ1) is 33.3. The minimum Gasteiger partial charge on any atom is -0.494 e. The second-order valence-electron chi connectivity index (χ2n) is 10.1. The number of nitrogens with one attached hydrogen (secondary N) is 1. The molecule has 0 aromatic heterocycles. The Morgan fingerprint density at radius 3 is 2.24 bits per heavy atom. The summed E-state index contributed by atoms with van der Waals surface area (Å²) >= 11 is 7.70. The molecular formula is C31H38ClN3O5S2. The molecule has 1 unspecified atom stereocenters. The highest BCUT2D eigenvalue weighted by molar-refractivity contribution is 7.98. The molecule has 1 N–H and O–H groups in total. The molecule has 1 atom stereocenters. The molecule has 42 heavy (non-hydrogen) atoms. The standard InChI is InChI=1S/C31H38ClN3O5S2/c1-6-40-27-12-10-26(11-13-27)35(42(38,39)29-16-14-28(41-5)15-17-29)21-30(36)34(20-24-8-7-9-25(32)18-24)23(4)31(37)33-19-22(2)3/h7-18,22-23H,6,19-21H2,1-5H3,(H,33,37). The maximum Gasteiger partial charge on any atom is 0.264 e. The quantitative estimate of drug-likeness (QED) is 0.225. The highest BCUT2D eigenvalue weighted by atomic mass is 35.5. The molecule has 2 amide bonds. The first-order chi connectivity index (χ1) is 20.0. The first-order valence-electron chi connectivity index (χ1n) is 13.7. The van der Waals surface area contributed by atoms with Crippen LogP contribution >= 0.6 is 23.4 Å². The van der Waals surface area contributed by atoms with Crippen molar-refractivity contribution < 1.29 is 22.7 Å². The van der Waals surface area contributed by atoms with Gasteiger partial charge >= 0.3 is 0 Å². The van der Waals surface area contributed by atoms with E-state index in [1.165, 1.54) is 28.8 Å². The van der Waals surface area contributed by atoms with Gasteiger partial charge in [-0.05, 0) is 92.2 Å². The van der Waals surface area contributed by atoms with Gasteiger partial charge in [0.25, 0.3) is 10.0 Å². The predicted octanol–water partition coefficient (Wildman–Crippen LogP) is 5.85. The van der Waals surface area contributed by atoms with Gasteiger partial charge in [0.1, 0.15) is 18.3 Å². The molecule has 0 heterocycles. The number of sulfonamides is 1. The van der Waals surface area contributed by atoms with Gasteiger partial charge in [-0.2, -0.15) is 0 Å². The summed E-state index contributed by atoms with van der Waals surface area (Å²) in [6, 6.07) is 19.2. The number of ether oxygens (including phenoxy) is 1. The van der Waals surface area contributed by atoms with Crippen LogP contribution in [0.15, 0.2) is 82.6 Å². The van der Waals surface area contributed by atoms with Gasteiger partial charge < -0.3 is 15.0 Å². The van der Waals surface area contributed by atoms with Crippen LogP contribution in [0.2, 0.25) is 5.02 Å². The van der Waals surface area contributed by atoms with Crippen LogP contribution in [-0.2, 0) is 26.2 Å². The van der Waals surface area contributed by atoms with E-state index in [0.717, 1.165) is 9.20 Å². The van der Waals surface area contributed by atoms with Gasteiger partial charge in [-0.1, -0.05) is 37.6 Å². The fourth-order valence-electron chi connectivity index (χ4n) is 4.15. The molecule has 0 radical (unpaired) electrons. The number of carbonyl (C=O) groups is 2. The predicted molar refractivity (Wildman–Crippen MR) is 170 cm³/mol. The van der Waals surface area contributed by atoms with E-state index in [4.69, 9.17) is 16.3 Å². The third-order valence-electron chi connectivity index (χ3n) is 6.46. The molecule has 3 aromatic rings.